The van der Waals surface area contributed by atoms with E-state index in [0.717, 1.165) is 24.3 Å². The first-order chi connectivity index (χ1) is 19.3. The Bertz CT molecular complexity index is 879. The fourth-order valence-electron chi connectivity index (χ4n) is 4.19. The summed E-state index contributed by atoms with van der Waals surface area (Å²) in [5.74, 6) is -5.12. The molecule has 0 aliphatic rings. The molecule has 4 atom stereocenters. The second kappa shape index (κ2) is 21.3. The minimum Gasteiger partial charge on any atom is -0.550 e. The van der Waals surface area contributed by atoms with Crippen molar-refractivity contribution in [2.45, 2.75) is 91.6 Å². The van der Waals surface area contributed by atoms with Gasteiger partial charge in [0.25, 0.3) is 0 Å². The van der Waals surface area contributed by atoms with E-state index in [0.29, 0.717) is 0 Å². The van der Waals surface area contributed by atoms with Gasteiger partial charge in [0, 0.05) is 47.1 Å². The fourth-order valence-corrected chi connectivity index (χ4v) is 4.19. The van der Waals surface area contributed by atoms with E-state index in [1.54, 1.807) is 27.7 Å². The third-order valence-electron chi connectivity index (χ3n) is 5.87. The topological polar surface area (TPSA) is 185 Å². The van der Waals surface area contributed by atoms with Gasteiger partial charge in [-0.25, -0.2) is 19.2 Å². The molecule has 236 valence electrons. The van der Waals surface area contributed by atoms with E-state index in [4.69, 9.17) is 18.9 Å². The van der Waals surface area contributed by atoms with Crippen LogP contribution in [0.2, 0.25) is 0 Å². The Balaban J connectivity index is -0.000000727. The molecule has 0 N–H and O–H groups in total. The summed E-state index contributed by atoms with van der Waals surface area (Å²) in [5, 5.41) is 22.7. The number of carboxylic acid groups (broad SMARTS) is 2. The Morgan fingerprint density at radius 3 is 0.814 bits per heavy atom. The van der Waals surface area contributed by atoms with E-state index < -0.39 is 71.1 Å². The number of ether oxygens (including phenoxy) is 4. The third-order valence-corrected chi connectivity index (χ3v) is 5.87. The molecule has 43 heavy (non-hydrogen) atoms. The summed E-state index contributed by atoms with van der Waals surface area (Å²) < 4.78 is 19.8. The number of carbonyl (C=O) groups is 6. The van der Waals surface area contributed by atoms with Crippen molar-refractivity contribution in [1.29, 1.82) is 0 Å². The minimum absolute atomic E-state index is 0. The van der Waals surface area contributed by atoms with Crippen LogP contribution >= 0.6 is 0 Å². The third kappa shape index (κ3) is 18.6. The van der Waals surface area contributed by atoms with Gasteiger partial charge in [-0.1, -0.05) is 40.2 Å². The zero-order chi connectivity index (χ0) is 33.3. The van der Waals surface area contributed by atoms with Crippen LogP contribution in [0.5, 0.6) is 0 Å². The largest absolute Gasteiger partial charge is 2.00 e. The monoisotopic (exact) mass is 618 g/mol. The molecule has 0 saturated heterocycles. The van der Waals surface area contributed by atoms with Crippen molar-refractivity contribution in [2.24, 2.45) is 10.8 Å². The van der Waals surface area contributed by atoms with Crippen molar-refractivity contribution in [2.75, 3.05) is 0 Å². The summed E-state index contributed by atoms with van der Waals surface area (Å²) >= 11 is 0. The molecule has 0 heterocycles. The molecule has 0 aromatic carbocycles. The zero-order valence-electron chi connectivity index (χ0n) is 25.9. The average molecular weight is 619 g/mol. The molecule has 0 amide bonds. The summed E-state index contributed by atoms with van der Waals surface area (Å²) in [4.78, 5) is 67.1. The molecule has 0 fully saturated rings. The number of esters is 4. The number of hydrogen-bond acceptors (Lipinski definition) is 12. The molecular formula is C30H42MgO12. The van der Waals surface area contributed by atoms with Crippen LogP contribution in [-0.2, 0) is 47.7 Å². The van der Waals surface area contributed by atoms with Crippen molar-refractivity contribution in [3.05, 3.63) is 50.6 Å². The molecule has 0 aliphatic heterocycles. The van der Waals surface area contributed by atoms with Crippen LogP contribution in [0.1, 0.15) is 67.2 Å². The van der Waals surface area contributed by atoms with Gasteiger partial charge < -0.3 is 38.7 Å². The van der Waals surface area contributed by atoms with Crippen LogP contribution in [0.3, 0.4) is 0 Å². The summed E-state index contributed by atoms with van der Waals surface area (Å²) in [5.41, 5.74) is -2.61. The molecule has 0 aromatic rings. The summed E-state index contributed by atoms with van der Waals surface area (Å²) in [6, 6.07) is 0. The number of hydrogen-bond donors (Lipinski definition) is 0. The normalized spacial score (nSPS) is 15.6. The van der Waals surface area contributed by atoms with Gasteiger partial charge in [0.1, 0.15) is 24.4 Å². The first-order valence-electron chi connectivity index (χ1n) is 13.0. The van der Waals surface area contributed by atoms with E-state index in [1.807, 2.05) is 0 Å². The summed E-state index contributed by atoms with van der Waals surface area (Å²) in [6.45, 7) is 22.3. The molecule has 0 spiro atoms. The SMILES string of the molecule is C=CC(=O)OC(C)CC(C)(CC(C)OC(=O)C=C)C(=O)[O-].C=CC(=O)OC(C)CC(C)(CC(C)OC(=O)C=C)C(=O)[O-].[Mg+2]. The molecule has 12 nitrogen and oxygen atoms in total. The maximum atomic E-state index is 11.4. The van der Waals surface area contributed by atoms with Crippen molar-refractivity contribution in [3.63, 3.8) is 0 Å². The van der Waals surface area contributed by atoms with Crippen molar-refractivity contribution < 1.29 is 57.9 Å². The van der Waals surface area contributed by atoms with E-state index >= 15 is 0 Å². The Hall–Kier alpha value is -3.45. The molecule has 4 unspecified atom stereocenters. The number of aliphatic carboxylic acids is 2. The van der Waals surface area contributed by atoms with Gasteiger partial charge in [0.2, 0.25) is 0 Å². The van der Waals surface area contributed by atoms with Gasteiger partial charge in [-0.3, -0.25) is 0 Å². The molecule has 0 bridgehead atoms. The second-order valence-corrected chi connectivity index (χ2v) is 10.3. The molecule has 0 saturated carbocycles. The maximum Gasteiger partial charge on any atom is 2.00 e. The quantitative estimate of drug-likeness (QED) is 0.0924. The Morgan fingerprint density at radius 1 is 0.535 bits per heavy atom. The van der Waals surface area contributed by atoms with Crippen LogP contribution in [0.15, 0.2) is 50.6 Å². The first-order valence-corrected chi connectivity index (χ1v) is 13.0. The predicted molar refractivity (Wildman–Crippen MR) is 153 cm³/mol. The second-order valence-electron chi connectivity index (χ2n) is 10.3. The van der Waals surface area contributed by atoms with Crippen LogP contribution < -0.4 is 10.2 Å². The van der Waals surface area contributed by atoms with Crippen molar-refractivity contribution in [1.82, 2.24) is 0 Å². The molecule has 0 radical (unpaired) electrons. The van der Waals surface area contributed by atoms with E-state index in [1.165, 1.54) is 13.8 Å². The minimum atomic E-state index is -1.30. The van der Waals surface area contributed by atoms with E-state index in [2.05, 4.69) is 26.3 Å². The number of carbonyl (C=O) groups excluding carboxylic acids is 6. The van der Waals surface area contributed by atoms with Gasteiger partial charge in [0.15, 0.2) is 0 Å². The molecular weight excluding hydrogens is 577 g/mol. The Kier molecular flexibility index (Phi) is 21.8. The van der Waals surface area contributed by atoms with E-state index in [9.17, 15) is 39.0 Å². The van der Waals surface area contributed by atoms with Gasteiger partial charge >= 0.3 is 46.9 Å². The average Bonchev–Trinajstić information content (AvgIpc) is 2.87. The van der Waals surface area contributed by atoms with Crippen LogP contribution in [0, 0.1) is 10.8 Å². The number of rotatable bonds is 18. The molecule has 0 aromatic heterocycles. The molecule has 13 heteroatoms. The van der Waals surface area contributed by atoms with Gasteiger partial charge in [-0.2, -0.15) is 0 Å². The summed E-state index contributed by atoms with van der Waals surface area (Å²) in [7, 11) is 0. The molecule has 0 rings (SSSR count). The maximum absolute atomic E-state index is 11.4. The zero-order valence-corrected chi connectivity index (χ0v) is 27.3. The van der Waals surface area contributed by atoms with Gasteiger partial charge in [0.05, 0.1) is 0 Å². The summed E-state index contributed by atoms with van der Waals surface area (Å²) in [6.07, 6.45) is 1.58. The van der Waals surface area contributed by atoms with Crippen LogP contribution in [0.25, 0.3) is 0 Å². The van der Waals surface area contributed by atoms with Crippen molar-refractivity contribution >= 4 is 58.9 Å². The van der Waals surface area contributed by atoms with Crippen LogP contribution in [-0.4, -0.2) is 83.3 Å². The molecule has 0 aliphatic carbocycles. The first kappa shape index (κ1) is 44.0. The van der Waals surface area contributed by atoms with Gasteiger partial charge in [-0.05, 0) is 53.4 Å². The van der Waals surface area contributed by atoms with Crippen LogP contribution in [0.4, 0.5) is 0 Å². The number of carboxylic acids is 2. The smallest absolute Gasteiger partial charge is 0.550 e. The fraction of sp³-hybridized carbons (Fsp3) is 0.533. The Morgan fingerprint density at radius 2 is 0.698 bits per heavy atom. The Labute approximate surface area is 269 Å². The predicted octanol–water partition coefficient (Wildman–Crippen LogP) is 1.14. The van der Waals surface area contributed by atoms with E-state index in [-0.39, 0.29) is 48.7 Å². The standard InChI is InChI=1S/2C15H22O6.Mg/c2*1-6-12(16)20-10(3)8-15(5,14(18)19)9-11(4)21-13(17)7-2;/h2*6-7,10-11H,1-2,8-9H2,3-5H3,(H,18,19);/q;;+2/p-2. The van der Waals surface area contributed by atoms with Gasteiger partial charge in [-0.15, -0.1) is 0 Å². The van der Waals surface area contributed by atoms with Crippen molar-refractivity contribution in [3.8, 4) is 0 Å².